The summed E-state index contributed by atoms with van der Waals surface area (Å²) in [5.74, 6) is -1.63. The molecule has 0 aromatic heterocycles. The molecule has 2 unspecified atom stereocenters. The number of nitrogens with one attached hydrogen (secondary N) is 1. The monoisotopic (exact) mass is 243 g/mol. The van der Waals surface area contributed by atoms with Crippen molar-refractivity contribution in [1.82, 2.24) is 5.32 Å². The maximum absolute atomic E-state index is 13.6. The van der Waals surface area contributed by atoms with Gasteiger partial charge >= 0.3 is 0 Å². The van der Waals surface area contributed by atoms with E-state index in [1.54, 1.807) is 13.1 Å². The fraction of sp³-hybridized carbons (Fsp3) is 0.538. The van der Waals surface area contributed by atoms with Gasteiger partial charge in [0.1, 0.15) is 0 Å². The molecule has 0 fully saturated rings. The minimum Gasteiger partial charge on any atom is -0.377 e. The van der Waals surface area contributed by atoms with Crippen molar-refractivity contribution in [2.24, 2.45) is 0 Å². The summed E-state index contributed by atoms with van der Waals surface area (Å²) >= 11 is 0. The summed E-state index contributed by atoms with van der Waals surface area (Å²) in [5, 5.41) is 2.93. The van der Waals surface area contributed by atoms with Crippen molar-refractivity contribution < 1.29 is 13.5 Å². The number of hydrogen-bond donors (Lipinski definition) is 1. The van der Waals surface area contributed by atoms with Gasteiger partial charge in [0.15, 0.2) is 11.6 Å². The van der Waals surface area contributed by atoms with Crippen molar-refractivity contribution in [2.45, 2.75) is 32.4 Å². The van der Waals surface area contributed by atoms with Crippen molar-refractivity contribution in [1.29, 1.82) is 0 Å². The molecule has 1 aromatic rings. The Bertz CT molecular complexity index is 357. The zero-order valence-corrected chi connectivity index (χ0v) is 10.5. The molecular weight excluding hydrogens is 224 g/mol. The van der Waals surface area contributed by atoms with Crippen LogP contribution in [0.5, 0.6) is 0 Å². The van der Waals surface area contributed by atoms with Crippen LogP contribution in [-0.4, -0.2) is 19.8 Å². The zero-order chi connectivity index (χ0) is 12.8. The molecule has 0 saturated carbocycles. The van der Waals surface area contributed by atoms with Gasteiger partial charge in [-0.25, -0.2) is 8.78 Å². The van der Waals surface area contributed by atoms with Crippen molar-refractivity contribution in [3.63, 3.8) is 0 Å². The molecule has 1 rings (SSSR count). The highest BCUT2D eigenvalue weighted by Gasteiger charge is 2.17. The lowest BCUT2D eigenvalue weighted by Gasteiger charge is -2.20. The maximum Gasteiger partial charge on any atom is 0.163 e. The third kappa shape index (κ3) is 3.75. The predicted molar refractivity (Wildman–Crippen MR) is 63.9 cm³/mol. The fourth-order valence-corrected chi connectivity index (χ4v) is 1.50. The van der Waals surface area contributed by atoms with E-state index < -0.39 is 11.6 Å². The lowest BCUT2D eigenvalue weighted by Crippen LogP contribution is -2.25. The molecule has 1 N–H and O–H groups in total. The zero-order valence-electron chi connectivity index (χ0n) is 10.5. The van der Waals surface area contributed by atoms with Gasteiger partial charge in [0.05, 0.1) is 18.8 Å². The van der Waals surface area contributed by atoms with Gasteiger partial charge in [0, 0.05) is 5.56 Å². The van der Waals surface area contributed by atoms with E-state index in [0.29, 0.717) is 12.2 Å². The normalized spacial score (nSPS) is 14.6. The summed E-state index contributed by atoms with van der Waals surface area (Å²) in [6, 6.07) is 3.85. The number of hydrogen-bond acceptors (Lipinski definition) is 2. The average Bonchev–Trinajstić information content (AvgIpc) is 2.34. The third-order valence-corrected chi connectivity index (χ3v) is 2.83. The first-order valence-corrected chi connectivity index (χ1v) is 5.82. The van der Waals surface area contributed by atoms with Gasteiger partial charge in [0.2, 0.25) is 0 Å². The van der Waals surface area contributed by atoms with Crippen LogP contribution in [0, 0.1) is 11.6 Å². The molecule has 4 heteroatoms. The molecule has 2 nitrogen and oxygen atoms in total. The number of ether oxygens (including phenoxy) is 1. The van der Waals surface area contributed by atoms with E-state index in [4.69, 9.17) is 4.74 Å². The largest absolute Gasteiger partial charge is 0.377 e. The lowest BCUT2D eigenvalue weighted by molar-refractivity contribution is 0.0480. The topological polar surface area (TPSA) is 21.3 Å². The Morgan fingerprint density at radius 1 is 1.35 bits per heavy atom. The summed E-state index contributed by atoms with van der Waals surface area (Å²) in [4.78, 5) is 0. The van der Waals surface area contributed by atoms with Crippen LogP contribution in [-0.2, 0) is 4.74 Å². The average molecular weight is 243 g/mol. The molecule has 0 saturated heterocycles. The SMILES string of the molecule is CCC(C)OCC(NC)c1cccc(F)c1F. The van der Waals surface area contributed by atoms with Crippen LogP contribution >= 0.6 is 0 Å². The van der Waals surface area contributed by atoms with E-state index in [1.165, 1.54) is 6.07 Å². The van der Waals surface area contributed by atoms with Crippen molar-refractivity contribution in [2.75, 3.05) is 13.7 Å². The third-order valence-electron chi connectivity index (χ3n) is 2.83. The summed E-state index contributed by atoms with van der Waals surface area (Å²) in [5.41, 5.74) is 0.302. The van der Waals surface area contributed by atoms with Crippen molar-refractivity contribution >= 4 is 0 Å². The quantitative estimate of drug-likeness (QED) is 0.829. The first kappa shape index (κ1) is 14.1. The van der Waals surface area contributed by atoms with Crippen LogP contribution in [0.3, 0.4) is 0 Å². The van der Waals surface area contributed by atoms with Crippen LogP contribution in [0.25, 0.3) is 0 Å². The molecule has 0 heterocycles. The second kappa shape index (κ2) is 6.67. The Balaban J connectivity index is 2.76. The number of benzene rings is 1. The van der Waals surface area contributed by atoms with E-state index in [0.717, 1.165) is 12.5 Å². The summed E-state index contributed by atoms with van der Waals surface area (Å²) in [6.07, 6.45) is 1.00. The highest BCUT2D eigenvalue weighted by Crippen LogP contribution is 2.20. The van der Waals surface area contributed by atoms with Gasteiger partial charge in [-0.15, -0.1) is 0 Å². The predicted octanol–water partition coefficient (Wildman–Crippen LogP) is 3.04. The molecule has 1 aromatic carbocycles. The summed E-state index contributed by atoms with van der Waals surface area (Å²) < 4.78 is 32.2. The summed E-state index contributed by atoms with van der Waals surface area (Å²) in [7, 11) is 1.70. The molecule has 0 radical (unpaired) electrons. The van der Waals surface area contributed by atoms with E-state index in [1.807, 2.05) is 13.8 Å². The molecule has 17 heavy (non-hydrogen) atoms. The molecule has 2 atom stereocenters. The van der Waals surface area contributed by atoms with Crippen LogP contribution < -0.4 is 5.32 Å². The highest BCUT2D eigenvalue weighted by atomic mass is 19.2. The first-order chi connectivity index (χ1) is 8.10. The summed E-state index contributed by atoms with van der Waals surface area (Å²) in [6.45, 7) is 4.29. The van der Waals surface area contributed by atoms with E-state index >= 15 is 0 Å². The van der Waals surface area contributed by atoms with Gasteiger partial charge in [-0.2, -0.15) is 0 Å². The second-order valence-corrected chi connectivity index (χ2v) is 4.04. The van der Waals surface area contributed by atoms with Crippen LogP contribution in [0.1, 0.15) is 31.9 Å². The Hall–Kier alpha value is -1.00. The second-order valence-electron chi connectivity index (χ2n) is 4.04. The number of rotatable bonds is 6. The highest BCUT2D eigenvalue weighted by molar-refractivity contribution is 5.22. The molecule has 0 bridgehead atoms. The molecule has 96 valence electrons. The van der Waals surface area contributed by atoms with Gasteiger partial charge in [-0.1, -0.05) is 19.1 Å². The van der Waals surface area contributed by atoms with Crippen LogP contribution in [0.15, 0.2) is 18.2 Å². The van der Waals surface area contributed by atoms with Gasteiger partial charge < -0.3 is 10.1 Å². The van der Waals surface area contributed by atoms with E-state index in [2.05, 4.69) is 5.32 Å². The molecule has 0 aliphatic rings. The number of halogens is 2. The molecular formula is C13H19F2NO. The van der Waals surface area contributed by atoms with Crippen molar-refractivity contribution in [3.8, 4) is 0 Å². The fourth-order valence-electron chi connectivity index (χ4n) is 1.50. The van der Waals surface area contributed by atoms with E-state index in [9.17, 15) is 8.78 Å². The lowest BCUT2D eigenvalue weighted by atomic mass is 10.1. The van der Waals surface area contributed by atoms with Gasteiger partial charge in [-0.05, 0) is 26.5 Å². The molecule has 0 spiro atoms. The minimum absolute atomic E-state index is 0.113. The van der Waals surface area contributed by atoms with Gasteiger partial charge in [-0.3, -0.25) is 0 Å². The number of likely N-dealkylation sites (N-methyl/N-ethyl adjacent to an activating group) is 1. The minimum atomic E-state index is -0.828. The van der Waals surface area contributed by atoms with E-state index in [-0.39, 0.29) is 12.1 Å². The van der Waals surface area contributed by atoms with Crippen LogP contribution in [0.4, 0.5) is 8.78 Å². The maximum atomic E-state index is 13.6. The molecule has 0 amide bonds. The Morgan fingerprint density at radius 2 is 2.06 bits per heavy atom. The molecule has 0 aliphatic heterocycles. The smallest absolute Gasteiger partial charge is 0.163 e. The molecule has 0 aliphatic carbocycles. The standard InChI is InChI=1S/C13H19F2NO/c1-4-9(2)17-8-12(16-3)10-6-5-7-11(14)13(10)15/h5-7,9,12,16H,4,8H2,1-3H3. The van der Waals surface area contributed by atoms with Crippen molar-refractivity contribution in [3.05, 3.63) is 35.4 Å². The Morgan fingerprint density at radius 3 is 2.65 bits per heavy atom. The first-order valence-electron chi connectivity index (χ1n) is 5.82. The van der Waals surface area contributed by atoms with Gasteiger partial charge in [0.25, 0.3) is 0 Å². The van der Waals surface area contributed by atoms with Crippen LogP contribution in [0.2, 0.25) is 0 Å². The Labute approximate surface area is 101 Å². The Kier molecular flexibility index (Phi) is 5.51.